The fraction of sp³-hybridized carbons (Fsp3) is 0.412. The molecule has 1 unspecified atom stereocenters. The lowest BCUT2D eigenvalue weighted by Gasteiger charge is -2.08. The predicted molar refractivity (Wildman–Crippen MR) is 86.5 cm³/mol. The van der Waals surface area contributed by atoms with Crippen LogP contribution >= 0.6 is 11.6 Å². The molecule has 6 heteroatoms. The summed E-state index contributed by atoms with van der Waals surface area (Å²) in [4.78, 5) is 16.3. The summed E-state index contributed by atoms with van der Waals surface area (Å²) in [6, 6.07) is 7.74. The molecule has 2 heterocycles. The molecule has 1 N–H and O–H groups in total. The van der Waals surface area contributed by atoms with Crippen molar-refractivity contribution in [3.05, 3.63) is 52.7 Å². The number of carbonyl (C=O) groups excluding carboxylic acids is 1. The summed E-state index contributed by atoms with van der Waals surface area (Å²) in [5.74, 6) is 0.314. The zero-order chi connectivity index (χ0) is 16.1. The van der Waals surface area contributed by atoms with Gasteiger partial charge in [-0.1, -0.05) is 29.8 Å². The number of amides is 1. The highest BCUT2D eigenvalue weighted by molar-refractivity contribution is 6.31. The Hall–Kier alpha value is -1.85. The zero-order valence-corrected chi connectivity index (χ0v) is 13.5. The second-order valence-electron chi connectivity index (χ2n) is 5.52. The quantitative estimate of drug-likeness (QED) is 0.821. The first-order valence-electron chi connectivity index (χ1n) is 7.82. The van der Waals surface area contributed by atoms with Crippen molar-refractivity contribution < 1.29 is 13.9 Å². The molecule has 0 radical (unpaired) electrons. The Morgan fingerprint density at radius 3 is 3.04 bits per heavy atom. The van der Waals surface area contributed by atoms with Crippen LogP contribution in [0.2, 0.25) is 5.02 Å². The minimum atomic E-state index is -0.219. The van der Waals surface area contributed by atoms with E-state index in [1.54, 1.807) is 0 Å². The van der Waals surface area contributed by atoms with E-state index < -0.39 is 0 Å². The summed E-state index contributed by atoms with van der Waals surface area (Å²) in [5, 5.41) is 3.64. The Balaban J connectivity index is 1.50. The third-order valence-electron chi connectivity index (χ3n) is 3.90. The second-order valence-corrected chi connectivity index (χ2v) is 5.92. The number of hydrogen-bond donors (Lipinski definition) is 1. The molecule has 1 amide bonds. The molecular formula is C17H19ClN2O3. The van der Waals surface area contributed by atoms with Gasteiger partial charge >= 0.3 is 0 Å². The van der Waals surface area contributed by atoms with Crippen molar-refractivity contribution in [1.29, 1.82) is 0 Å². The van der Waals surface area contributed by atoms with Gasteiger partial charge in [-0.25, -0.2) is 4.98 Å². The van der Waals surface area contributed by atoms with Crippen LogP contribution < -0.4 is 5.32 Å². The van der Waals surface area contributed by atoms with Crippen LogP contribution in [0.1, 0.15) is 47.2 Å². The summed E-state index contributed by atoms with van der Waals surface area (Å²) in [7, 11) is 0. The number of carbonyl (C=O) groups is 1. The number of halogens is 1. The van der Waals surface area contributed by atoms with E-state index in [1.807, 2.05) is 24.3 Å². The number of nitrogens with zero attached hydrogens (tertiary/aromatic N) is 1. The van der Waals surface area contributed by atoms with Gasteiger partial charge in [-0.15, -0.1) is 0 Å². The van der Waals surface area contributed by atoms with Crippen molar-refractivity contribution >= 4 is 17.5 Å². The van der Waals surface area contributed by atoms with Crippen molar-refractivity contribution in [2.45, 2.75) is 31.8 Å². The van der Waals surface area contributed by atoms with Gasteiger partial charge in [0.25, 0.3) is 5.91 Å². The van der Waals surface area contributed by atoms with Gasteiger partial charge in [0.1, 0.15) is 6.10 Å². The third kappa shape index (κ3) is 3.92. The minimum absolute atomic E-state index is 0.152. The summed E-state index contributed by atoms with van der Waals surface area (Å²) in [5.41, 5.74) is 1.42. The molecule has 122 valence electrons. The normalized spacial score (nSPS) is 17.3. The maximum atomic E-state index is 12.2. The van der Waals surface area contributed by atoms with Crippen molar-refractivity contribution in [1.82, 2.24) is 10.3 Å². The van der Waals surface area contributed by atoms with E-state index in [-0.39, 0.29) is 12.0 Å². The number of rotatable bonds is 6. The molecule has 1 aliphatic rings. The summed E-state index contributed by atoms with van der Waals surface area (Å²) < 4.78 is 10.9. The molecule has 0 bridgehead atoms. The van der Waals surface area contributed by atoms with E-state index in [2.05, 4.69) is 10.3 Å². The standard InChI is InChI=1S/C17H19ClN2O3/c18-13-7-2-1-5-12(13)6-3-9-19-17(21)15-16(23-11-20-15)14-8-4-10-22-14/h1-2,5,7,11,14H,3-4,6,8-10H2,(H,19,21). The van der Waals surface area contributed by atoms with E-state index in [0.29, 0.717) is 24.6 Å². The van der Waals surface area contributed by atoms with Gasteiger partial charge in [-0.05, 0) is 37.3 Å². The molecule has 1 aliphatic heterocycles. The minimum Gasteiger partial charge on any atom is -0.445 e. The molecule has 0 saturated carbocycles. The Morgan fingerprint density at radius 2 is 2.26 bits per heavy atom. The lowest BCUT2D eigenvalue weighted by molar-refractivity contribution is 0.0861. The molecule has 23 heavy (non-hydrogen) atoms. The first-order valence-corrected chi connectivity index (χ1v) is 8.20. The highest BCUT2D eigenvalue weighted by Crippen LogP contribution is 2.30. The van der Waals surface area contributed by atoms with Gasteiger partial charge in [-0.3, -0.25) is 4.79 Å². The van der Waals surface area contributed by atoms with Crippen LogP contribution in [0.4, 0.5) is 0 Å². The summed E-state index contributed by atoms with van der Waals surface area (Å²) >= 11 is 6.12. The Morgan fingerprint density at radius 1 is 1.39 bits per heavy atom. The molecular weight excluding hydrogens is 316 g/mol. The van der Waals surface area contributed by atoms with E-state index in [1.165, 1.54) is 6.39 Å². The van der Waals surface area contributed by atoms with E-state index in [9.17, 15) is 4.79 Å². The number of benzene rings is 1. The molecule has 1 saturated heterocycles. The monoisotopic (exact) mass is 334 g/mol. The summed E-state index contributed by atoms with van der Waals surface area (Å²) in [6.07, 6.45) is 4.61. The van der Waals surface area contributed by atoms with Gasteiger partial charge in [0.15, 0.2) is 17.8 Å². The fourth-order valence-corrected chi connectivity index (χ4v) is 2.93. The second kappa shape index (κ2) is 7.62. The predicted octanol–water partition coefficient (Wildman–Crippen LogP) is 3.54. The first-order chi connectivity index (χ1) is 11.3. The largest absolute Gasteiger partial charge is 0.445 e. The molecule has 3 rings (SSSR count). The van der Waals surface area contributed by atoms with Gasteiger partial charge in [-0.2, -0.15) is 0 Å². The highest BCUT2D eigenvalue weighted by Gasteiger charge is 2.27. The van der Waals surface area contributed by atoms with Gasteiger partial charge in [0.05, 0.1) is 0 Å². The van der Waals surface area contributed by atoms with Crippen molar-refractivity contribution in [3.63, 3.8) is 0 Å². The maximum Gasteiger partial charge on any atom is 0.273 e. The molecule has 1 aromatic carbocycles. The maximum absolute atomic E-state index is 12.2. The number of nitrogens with one attached hydrogen (secondary N) is 1. The van der Waals surface area contributed by atoms with Crippen LogP contribution in [0.3, 0.4) is 0 Å². The van der Waals surface area contributed by atoms with Crippen LogP contribution in [-0.2, 0) is 11.2 Å². The molecule has 0 aliphatic carbocycles. The molecule has 2 aromatic rings. The molecule has 1 aromatic heterocycles. The van der Waals surface area contributed by atoms with Gasteiger partial charge in [0, 0.05) is 18.2 Å². The number of aryl methyl sites for hydroxylation is 1. The third-order valence-corrected chi connectivity index (χ3v) is 4.27. The smallest absolute Gasteiger partial charge is 0.273 e. The number of ether oxygens (including phenoxy) is 1. The number of hydrogen-bond acceptors (Lipinski definition) is 4. The molecule has 1 fully saturated rings. The van der Waals surface area contributed by atoms with Crippen molar-refractivity contribution in [2.75, 3.05) is 13.2 Å². The fourth-order valence-electron chi connectivity index (χ4n) is 2.70. The lowest BCUT2D eigenvalue weighted by Crippen LogP contribution is -2.26. The Labute approximate surface area is 140 Å². The number of oxazole rings is 1. The number of aromatic nitrogens is 1. The van der Waals surface area contributed by atoms with Crippen LogP contribution in [0, 0.1) is 0 Å². The van der Waals surface area contributed by atoms with Crippen LogP contribution in [0.15, 0.2) is 35.1 Å². The highest BCUT2D eigenvalue weighted by atomic mass is 35.5. The summed E-state index contributed by atoms with van der Waals surface area (Å²) in [6.45, 7) is 1.26. The van der Waals surface area contributed by atoms with Crippen LogP contribution in [-0.4, -0.2) is 24.0 Å². The SMILES string of the molecule is O=C(NCCCc1ccccc1Cl)c1ncoc1C1CCCO1. The van der Waals surface area contributed by atoms with Crippen molar-refractivity contribution in [2.24, 2.45) is 0 Å². The zero-order valence-electron chi connectivity index (χ0n) is 12.8. The average molecular weight is 335 g/mol. The van der Waals surface area contributed by atoms with Gasteiger partial charge in [0.2, 0.25) is 0 Å². The molecule has 0 spiro atoms. The van der Waals surface area contributed by atoms with Crippen molar-refractivity contribution in [3.8, 4) is 0 Å². The first kappa shape index (κ1) is 16.0. The Kier molecular flexibility index (Phi) is 5.31. The topological polar surface area (TPSA) is 64.4 Å². The lowest BCUT2D eigenvalue weighted by atomic mass is 10.1. The van der Waals surface area contributed by atoms with Gasteiger partial charge < -0.3 is 14.5 Å². The average Bonchev–Trinajstić information content (AvgIpc) is 3.23. The molecule has 1 atom stereocenters. The van der Waals surface area contributed by atoms with E-state index >= 15 is 0 Å². The van der Waals surface area contributed by atoms with Crippen LogP contribution in [0.5, 0.6) is 0 Å². The van der Waals surface area contributed by atoms with Crippen LogP contribution in [0.25, 0.3) is 0 Å². The Bertz CT molecular complexity index is 665. The molecule has 5 nitrogen and oxygen atoms in total. The van der Waals surface area contributed by atoms with E-state index in [0.717, 1.165) is 36.3 Å². The van der Waals surface area contributed by atoms with E-state index in [4.69, 9.17) is 20.8 Å².